The summed E-state index contributed by atoms with van der Waals surface area (Å²) in [4.78, 5) is 12.4. The molecule has 0 aromatic heterocycles. The van der Waals surface area contributed by atoms with Crippen molar-refractivity contribution in [3.05, 3.63) is 23.8 Å². The molecule has 0 heterocycles. The molecule has 3 N–H and O–H groups in total. The van der Waals surface area contributed by atoms with Crippen molar-refractivity contribution < 1.29 is 9.53 Å². The fourth-order valence-electron chi connectivity index (χ4n) is 4.67. The molecule has 0 spiro atoms. The summed E-state index contributed by atoms with van der Waals surface area (Å²) >= 11 is 0. The minimum atomic E-state index is -0.0554. The molecule has 2 bridgehead atoms. The number of nitrogen functional groups attached to an aromatic ring is 1. The molecule has 3 saturated carbocycles. The number of carbonyl (C=O) groups is 1. The zero-order chi connectivity index (χ0) is 13.9. The van der Waals surface area contributed by atoms with Crippen LogP contribution < -0.4 is 15.8 Å². The van der Waals surface area contributed by atoms with Crippen LogP contribution >= 0.6 is 0 Å². The molecular weight excluding hydrogens is 252 g/mol. The molecule has 1 amide bonds. The zero-order valence-corrected chi connectivity index (χ0v) is 11.6. The summed E-state index contributed by atoms with van der Waals surface area (Å²) in [5.41, 5.74) is 6.95. The highest BCUT2D eigenvalue weighted by molar-refractivity contribution is 6.00. The van der Waals surface area contributed by atoms with Crippen LogP contribution in [0.15, 0.2) is 18.2 Å². The van der Waals surface area contributed by atoms with E-state index in [1.165, 1.54) is 19.3 Å². The third kappa shape index (κ3) is 1.57. The standard InChI is InChI=1S/C16H20N2O2/c1-20-11-4-2-3-10(14(11)17)16(19)18-15-12-8-5-6-9(7-8)13(12)15/h2-4,8-9,12-13,15H,5-7,17H2,1H3,(H,18,19). The van der Waals surface area contributed by atoms with E-state index < -0.39 is 0 Å². The van der Waals surface area contributed by atoms with E-state index in [0.717, 1.165) is 23.7 Å². The van der Waals surface area contributed by atoms with Crippen molar-refractivity contribution in [2.24, 2.45) is 23.7 Å². The largest absolute Gasteiger partial charge is 0.495 e. The highest BCUT2D eigenvalue weighted by Gasteiger charge is 2.65. The number of para-hydroxylation sites is 1. The molecular formula is C16H20N2O2. The Kier molecular flexibility index (Phi) is 2.50. The van der Waals surface area contributed by atoms with E-state index in [0.29, 0.717) is 23.0 Å². The number of anilines is 1. The number of carbonyl (C=O) groups excluding carboxylic acids is 1. The van der Waals surface area contributed by atoms with Gasteiger partial charge in [-0.3, -0.25) is 4.79 Å². The summed E-state index contributed by atoms with van der Waals surface area (Å²) in [5, 5.41) is 3.19. The van der Waals surface area contributed by atoms with Gasteiger partial charge in [0.2, 0.25) is 0 Å². The molecule has 4 unspecified atom stereocenters. The topological polar surface area (TPSA) is 64.3 Å². The predicted molar refractivity (Wildman–Crippen MR) is 76.5 cm³/mol. The molecule has 1 aromatic carbocycles. The predicted octanol–water partition coefficient (Wildman–Crippen LogP) is 2.05. The second-order valence-corrected chi connectivity index (χ2v) is 6.41. The van der Waals surface area contributed by atoms with E-state index in [4.69, 9.17) is 10.5 Å². The third-order valence-electron chi connectivity index (χ3n) is 5.56. The number of nitrogens with one attached hydrogen (secondary N) is 1. The van der Waals surface area contributed by atoms with Gasteiger partial charge in [-0.2, -0.15) is 0 Å². The molecule has 20 heavy (non-hydrogen) atoms. The van der Waals surface area contributed by atoms with Gasteiger partial charge in [-0.15, -0.1) is 0 Å². The fraction of sp³-hybridized carbons (Fsp3) is 0.562. The van der Waals surface area contributed by atoms with Crippen LogP contribution in [0.25, 0.3) is 0 Å². The van der Waals surface area contributed by atoms with E-state index in [1.54, 1.807) is 19.2 Å². The molecule has 0 aliphatic heterocycles. The van der Waals surface area contributed by atoms with E-state index in [-0.39, 0.29) is 5.91 Å². The Labute approximate surface area is 118 Å². The van der Waals surface area contributed by atoms with Crippen LogP contribution in [-0.2, 0) is 0 Å². The number of hydrogen-bond acceptors (Lipinski definition) is 3. The van der Waals surface area contributed by atoms with Gasteiger partial charge in [-0.05, 0) is 55.1 Å². The second-order valence-electron chi connectivity index (χ2n) is 6.41. The number of methoxy groups -OCH3 is 1. The molecule has 4 rings (SSSR count). The van der Waals surface area contributed by atoms with E-state index in [1.807, 2.05) is 6.07 Å². The van der Waals surface area contributed by atoms with Gasteiger partial charge in [0.25, 0.3) is 5.91 Å². The lowest BCUT2D eigenvalue weighted by atomic mass is 10.0. The Hall–Kier alpha value is -1.71. The van der Waals surface area contributed by atoms with E-state index in [2.05, 4.69) is 5.32 Å². The minimum absolute atomic E-state index is 0.0554. The summed E-state index contributed by atoms with van der Waals surface area (Å²) in [7, 11) is 1.57. The number of fused-ring (bicyclic) bond motifs is 5. The minimum Gasteiger partial charge on any atom is -0.495 e. The maximum absolute atomic E-state index is 12.4. The van der Waals surface area contributed by atoms with Crippen LogP contribution in [0.2, 0.25) is 0 Å². The molecule has 3 aliphatic carbocycles. The number of hydrogen-bond donors (Lipinski definition) is 2. The van der Waals surface area contributed by atoms with Crippen molar-refractivity contribution in [3.8, 4) is 5.75 Å². The average Bonchev–Trinajstić information content (AvgIpc) is 2.85. The van der Waals surface area contributed by atoms with E-state index >= 15 is 0 Å². The van der Waals surface area contributed by atoms with Crippen LogP contribution in [-0.4, -0.2) is 19.1 Å². The van der Waals surface area contributed by atoms with Gasteiger partial charge in [0.15, 0.2) is 0 Å². The smallest absolute Gasteiger partial charge is 0.253 e. The first-order chi connectivity index (χ1) is 9.70. The molecule has 106 valence electrons. The molecule has 3 aliphatic rings. The molecule has 0 radical (unpaired) electrons. The summed E-state index contributed by atoms with van der Waals surface area (Å²) < 4.78 is 5.17. The maximum atomic E-state index is 12.4. The Bertz CT molecular complexity index is 556. The van der Waals surface area contributed by atoms with E-state index in [9.17, 15) is 4.79 Å². The summed E-state index contributed by atoms with van der Waals surface area (Å²) in [6.45, 7) is 0. The quantitative estimate of drug-likeness (QED) is 0.828. The monoisotopic (exact) mass is 272 g/mol. The number of nitrogens with two attached hydrogens (primary N) is 1. The molecule has 1 aromatic rings. The van der Waals surface area contributed by atoms with Crippen molar-refractivity contribution in [2.45, 2.75) is 25.3 Å². The van der Waals surface area contributed by atoms with Gasteiger partial charge in [0, 0.05) is 6.04 Å². The van der Waals surface area contributed by atoms with Gasteiger partial charge in [-0.1, -0.05) is 6.07 Å². The molecule has 3 fully saturated rings. The number of amides is 1. The number of rotatable bonds is 3. The zero-order valence-electron chi connectivity index (χ0n) is 11.6. The average molecular weight is 272 g/mol. The Morgan fingerprint density at radius 3 is 2.65 bits per heavy atom. The van der Waals surface area contributed by atoms with Gasteiger partial charge >= 0.3 is 0 Å². The summed E-state index contributed by atoms with van der Waals surface area (Å²) in [6, 6.07) is 5.74. The van der Waals surface area contributed by atoms with Gasteiger partial charge in [0.05, 0.1) is 18.4 Å². The molecule has 0 saturated heterocycles. The lowest BCUT2D eigenvalue weighted by molar-refractivity contribution is 0.0945. The molecule has 4 atom stereocenters. The van der Waals surface area contributed by atoms with Gasteiger partial charge < -0.3 is 15.8 Å². The highest BCUT2D eigenvalue weighted by Crippen LogP contribution is 2.65. The van der Waals surface area contributed by atoms with Crippen LogP contribution in [0.5, 0.6) is 5.75 Å². The normalized spacial score (nSPS) is 36.5. The van der Waals surface area contributed by atoms with Crippen LogP contribution in [0, 0.1) is 23.7 Å². The van der Waals surface area contributed by atoms with Crippen molar-refractivity contribution in [2.75, 3.05) is 12.8 Å². The van der Waals surface area contributed by atoms with Crippen molar-refractivity contribution >= 4 is 11.6 Å². The summed E-state index contributed by atoms with van der Waals surface area (Å²) in [5.74, 6) is 3.71. The number of ether oxygens (including phenoxy) is 1. The summed E-state index contributed by atoms with van der Waals surface area (Å²) in [6.07, 6.45) is 4.11. The van der Waals surface area contributed by atoms with Crippen LogP contribution in [0.1, 0.15) is 29.6 Å². The van der Waals surface area contributed by atoms with Crippen LogP contribution in [0.4, 0.5) is 5.69 Å². The van der Waals surface area contributed by atoms with Gasteiger partial charge in [-0.25, -0.2) is 0 Å². The Morgan fingerprint density at radius 1 is 1.30 bits per heavy atom. The van der Waals surface area contributed by atoms with Crippen molar-refractivity contribution in [1.82, 2.24) is 5.32 Å². The first-order valence-corrected chi connectivity index (χ1v) is 7.44. The van der Waals surface area contributed by atoms with Gasteiger partial charge in [0.1, 0.15) is 5.75 Å². The lowest BCUT2D eigenvalue weighted by Gasteiger charge is -2.13. The molecule has 4 heteroatoms. The van der Waals surface area contributed by atoms with Crippen molar-refractivity contribution in [3.63, 3.8) is 0 Å². The SMILES string of the molecule is COc1cccc(C(=O)NC2C3C4CCC(C4)C23)c1N. The first-order valence-electron chi connectivity index (χ1n) is 7.44. The third-order valence-corrected chi connectivity index (χ3v) is 5.56. The maximum Gasteiger partial charge on any atom is 0.253 e. The lowest BCUT2D eigenvalue weighted by Crippen LogP contribution is -2.30. The van der Waals surface area contributed by atoms with Crippen LogP contribution in [0.3, 0.4) is 0 Å². The highest BCUT2D eigenvalue weighted by atomic mass is 16.5. The number of benzene rings is 1. The van der Waals surface area contributed by atoms with Crippen molar-refractivity contribution in [1.29, 1.82) is 0 Å². The first kappa shape index (κ1) is 12.1. The second kappa shape index (κ2) is 4.14. The Morgan fingerprint density at radius 2 is 2.00 bits per heavy atom. The fourth-order valence-corrected chi connectivity index (χ4v) is 4.67. The molecule has 4 nitrogen and oxygen atoms in total. The Balaban J connectivity index is 1.50.